The first-order valence-electron chi connectivity index (χ1n) is 7.26. The molecule has 0 aliphatic carbocycles. The fourth-order valence-electron chi connectivity index (χ4n) is 3.16. The van der Waals surface area contributed by atoms with Crippen LogP contribution >= 0.6 is 15.9 Å². The van der Waals surface area contributed by atoms with Gasteiger partial charge in [-0.1, -0.05) is 6.92 Å². The first-order chi connectivity index (χ1) is 9.26. The molecule has 1 aromatic heterocycles. The number of nitrogens with zero attached hydrogens (tertiary/aromatic N) is 2. The molecule has 1 aromatic rings. The number of rotatable bonds is 5. The van der Waals surface area contributed by atoms with Crippen LogP contribution in [0.5, 0.6) is 0 Å². The van der Waals surface area contributed by atoms with E-state index >= 15 is 0 Å². The minimum absolute atomic E-state index is 0.467. The van der Waals surface area contributed by atoms with E-state index in [1.807, 2.05) is 13.2 Å². The molecule has 19 heavy (non-hydrogen) atoms. The molecule has 0 radical (unpaired) electrons. The van der Waals surface area contributed by atoms with E-state index in [1.54, 1.807) is 0 Å². The zero-order valence-corrected chi connectivity index (χ0v) is 13.5. The van der Waals surface area contributed by atoms with Crippen molar-refractivity contribution in [3.05, 3.63) is 28.5 Å². The molecule has 0 aromatic carbocycles. The summed E-state index contributed by atoms with van der Waals surface area (Å²) < 4.78 is 1.05. The van der Waals surface area contributed by atoms with Crippen LogP contribution in [-0.2, 0) is 0 Å². The van der Waals surface area contributed by atoms with Gasteiger partial charge < -0.3 is 5.32 Å². The molecule has 0 amide bonds. The molecule has 106 valence electrons. The Kier molecular flexibility index (Phi) is 5.79. The predicted octanol–water partition coefficient (Wildman–Crippen LogP) is 3.23. The summed E-state index contributed by atoms with van der Waals surface area (Å²) in [5.41, 5.74) is 1.22. The van der Waals surface area contributed by atoms with Gasteiger partial charge in [-0.3, -0.25) is 9.88 Å². The number of pyridine rings is 1. The molecule has 1 saturated heterocycles. The Morgan fingerprint density at radius 3 is 2.95 bits per heavy atom. The third-order valence-corrected chi connectivity index (χ3v) is 4.36. The summed E-state index contributed by atoms with van der Waals surface area (Å²) in [6.07, 6.45) is 5.73. The molecule has 0 spiro atoms. The van der Waals surface area contributed by atoms with Crippen molar-refractivity contribution in [1.82, 2.24) is 15.2 Å². The van der Waals surface area contributed by atoms with Gasteiger partial charge in [-0.2, -0.15) is 0 Å². The topological polar surface area (TPSA) is 28.2 Å². The summed E-state index contributed by atoms with van der Waals surface area (Å²) in [5, 5.41) is 3.35. The van der Waals surface area contributed by atoms with E-state index in [1.165, 1.54) is 38.0 Å². The Labute approximate surface area is 124 Å². The van der Waals surface area contributed by atoms with E-state index in [2.05, 4.69) is 50.2 Å². The van der Waals surface area contributed by atoms with Gasteiger partial charge in [0.2, 0.25) is 0 Å². The second kappa shape index (κ2) is 7.36. The standard InChI is InChI=1S/C15H24BrN3/c1-3-8-19-9-4-5-12(10-17-2)15(19)14-7-6-13(16)11-18-14/h6-7,11-12,15,17H,3-5,8-10H2,1-2H3. The molecule has 1 aliphatic rings. The van der Waals surface area contributed by atoms with E-state index in [0.29, 0.717) is 12.0 Å². The maximum absolute atomic E-state index is 4.65. The van der Waals surface area contributed by atoms with Crippen LogP contribution < -0.4 is 5.32 Å². The van der Waals surface area contributed by atoms with E-state index in [-0.39, 0.29) is 0 Å². The fraction of sp³-hybridized carbons (Fsp3) is 0.667. The van der Waals surface area contributed by atoms with Crippen LogP contribution in [-0.4, -0.2) is 36.6 Å². The van der Waals surface area contributed by atoms with Gasteiger partial charge in [-0.15, -0.1) is 0 Å². The van der Waals surface area contributed by atoms with Crippen LogP contribution in [0.3, 0.4) is 0 Å². The zero-order chi connectivity index (χ0) is 13.7. The lowest BCUT2D eigenvalue weighted by atomic mass is 9.86. The van der Waals surface area contributed by atoms with Gasteiger partial charge in [0.15, 0.2) is 0 Å². The predicted molar refractivity (Wildman–Crippen MR) is 83.2 cm³/mol. The monoisotopic (exact) mass is 325 g/mol. The van der Waals surface area contributed by atoms with Crippen molar-refractivity contribution >= 4 is 15.9 Å². The van der Waals surface area contributed by atoms with Gasteiger partial charge in [0.05, 0.1) is 11.7 Å². The first-order valence-corrected chi connectivity index (χ1v) is 8.05. The second-order valence-electron chi connectivity index (χ2n) is 5.34. The minimum atomic E-state index is 0.467. The van der Waals surface area contributed by atoms with Crippen molar-refractivity contribution in [3.63, 3.8) is 0 Å². The molecule has 2 unspecified atom stereocenters. The first kappa shape index (κ1) is 14.9. The maximum atomic E-state index is 4.65. The second-order valence-corrected chi connectivity index (χ2v) is 6.26. The van der Waals surface area contributed by atoms with Crippen LogP contribution in [0.15, 0.2) is 22.8 Å². The number of halogens is 1. The molecule has 0 bridgehead atoms. The van der Waals surface area contributed by atoms with E-state index in [9.17, 15) is 0 Å². The molecule has 2 heterocycles. The quantitative estimate of drug-likeness (QED) is 0.900. The van der Waals surface area contributed by atoms with Crippen molar-refractivity contribution in [2.45, 2.75) is 32.2 Å². The SMILES string of the molecule is CCCN1CCCC(CNC)C1c1ccc(Br)cn1. The van der Waals surface area contributed by atoms with Crippen molar-refractivity contribution in [3.8, 4) is 0 Å². The lowest BCUT2D eigenvalue weighted by Crippen LogP contribution is -2.42. The highest BCUT2D eigenvalue weighted by atomic mass is 79.9. The zero-order valence-electron chi connectivity index (χ0n) is 11.9. The lowest BCUT2D eigenvalue weighted by Gasteiger charge is -2.41. The highest BCUT2D eigenvalue weighted by molar-refractivity contribution is 9.10. The van der Waals surface area contributed by atoms with Crippen molar-refractivity contribution < 1.29 is 0 Å². The molecule has 2 atom stereocenters. The number of nitrogens with one attached hydrogen (secondary N) is 1. The molecule has 1 aliphatic heterocycles. The van der Waals surface area contributed by atoms with Gasteiger partial charge in [-0.25, -0.2) is 0 Å². The summed E-state index contributed by atoms with van der Waals surface area (Å²) in [6.45, 7) is 5.70. The van der Waals surface area contributed by atoms with Gasteiger partial charge in [0.25, 0.3) is 0 Å². The fourth-order valence-corrected chi connectivity index (χ4v) is 3.39. The molecular formula is C15H24BrN3. The van der Waals surface area contributed by atoms with E-state index < -0.39 is 0 Å². The Balaban J connectivity index is 2.23. The molecule has 0 saturated carbocycles. The van der Waals surface area contributed by atoms with Crippen LogP contribution in [0, 0.1) is 5.92 Å². The van der Waals surface area contributed by atoms with Crippen LogP contribution in [0.1, 0.15) is 37.9 Å². The smallest absolute Gasteiger partial charge is 0.0579 e. The molecular weight excluding hydrogens is 302 g/mol. The largest absolute Gasteiger partial charge is 0.319 e. The molecule has 4 heteroatoms. The minimum Gasteiger partial charge on any atom is -0.319 e. The van der Waals surface area contributed by atoms with Crippen molar-refractivity contribution in [2.75, 3.05) is 26.7 Å². The molecule has 1 fully saturated rings. The third kappa shape index (κ3) is 3.77. The van der Waals surface area contributed by atoms with Gasteiger partial charge in [0.1, 0.15) is 0 Å². The summed E-state index contributed by atoms with van der Waals surface area (Å²) in [6, 6.07) is 4.75. The highest BCUT2D eigenvalue weighted by Gasteiger charge is 2.32. The van der Waals surface area contributed by atoms with Gasteiger partial charge in [-0.05, 0) is 79.9 Å². The number of hydrogen-bond donors (Lipinski definition) is 1. The Bertz CT molecular complexity index is 361. The number of aromatic nitrogens is 1. The number of hydrogen-bond acceptors (Lipinski definition) is 3. The summed E-state index contributed by atoms with van der Waals surface area (Å²) in [4.78, 5) is 7.26. The molecule has 3 nitrogen and oxygen atoms in total. The average molecular weight is 326 g/mol. The normalized spacial score (nSPS) is 24.6. The van der Waals surface area contributed by atoms with Gasteiger partial charge in [0, 0.05) is 10.7 Å². The Morgan fingerprint density at radius 2 is 2.32 bits per heavy atom. The van der Waals surface area contributed by atoms with Crippen LogP contribution in [0.2, 0.25) is 0 Å². The molecule has 2 rings (SSSR count). The summed E-state index contributed by atoms with van der Waals surface area (Å²) in [5.74, 6) is 0.666. The summed E-state index contributed by atoms with van der Waals surface area (Å²) >= 11 is 3.47. The van der Waals surface area contributed by atoms with E-state index in [4.69, 9.17) is 0 Å². The van der Waals surface area contributed by atoms with Crippen LogP contribution in [0.4, 0.5) is 0 Å². The molecule has 1 N–H and O–H groups in total. The van der Waals surface area contributed by atoms with Crippen molar-refractivity contribution in [1.29, 1.82) is 0 Å². The van der Waals surface area contributed by atoms with E-state index in [0.717, 1.165) is 11.0 Å². The third-order valence-electron chi connectivity index (χ3n) is 3.89. The summed E-state index contributed by atoms with van der Waals surface area (Å²) in [7, 11) is 2.05. The van der Waals surface area contributed by atoms with Crippen LogP contribution in [0.25, 0.3) is 0 Å². The number of likely N-dealkylation sites (tertiary alicyclic amines) is 1. The highest BCUT2D eigenvalue weighted by Crippen LogP contribution is 2.35. The average Bonchev–Trinajstić information content (AvgIpc) is 2.41. The Hall–Kier alpha value is -0.450. The van der Waals surface area contributed by atoms with Crippen molar-refractivity contribution in [2.24, 2.45) is 5.92 Å². The maximum Gasteiger partial charge on any atom is 0.0579 e. The lowest BCUT2D eigenvalue weighted by molar-refractivity contribution is 0.0894. The van der Waals surface area contributed by atoms with Gasteiger partial charge >= 0.3 is 0 Å². The Morgan fingerprint density at radius 1 is 1.47 bits per heavy atom. The number of piperidine rings is 1.